The summed E-state index contributed by atoms with van der Waals surface area (Å²) in [7, 11) is -3.02. The van der Waals surface area contributed by atoms with Crippen molar-refractivity contribution in [2.24, 2.45) is 0 Å². The van der Waals surface area contributed by atoms with Crippen LogP contribution in [0, 0.1) is 0 Å². The molecule has 0 heterocycles. The largest absolute Gasteiger partial charge is 0.485 e. The van der Waals surface area contributed by atoms with Crippen molar-refractivity contribution in [3.63, 3.8) is 0 Å². The Morgan fingerprint density at radius 2 is 1.33 bits per heavy atom. The SMILES string of the molecule is C[Si](C)(C(=O)O)C(=O)O. The Hall–Kier alpha value is -0.843. The van der Waals surface area contributed by atoms with E-state index in [0.29, 0.717) is 0 Å². The first-order chi connectivity index (χ1) is 3.89. The van der Waals surface area contributed by atoms with Crippen molar-refractivity contribution in [2.45, 2.75) is 13.1 Å². The van der Waals surface area contributed by atoms with E-state index in [0.717, 1.165) is 0 Å². The summed E-state index contributed by atoms with van der Waals surface area (Å²) >= 11 is 0. The zero-order valence-corrected chi connectivity index (χ0v) is 6.21. The van der Waals surface area contributed by atoms with E-state index in [1.54, 1.807) is 0 Å². The molecule has 2 N–H and O–H groups in total. The lowest BCUT2D eigenvalue weighted by molar-refractivity contribution is 0.209. The standard InChI is InChI=1S/C4H8O4Si/c1-9(2,3(5)6)4(7)8/h1-2H3,(H,5,6)(H,7,8). The van der Waals surface area contributed by atoms with Crippen molar-refractivity contribution in [1.29, 1.82) is 0 Å². The first kappa shape index (κ1) is 8.16. The molecule has 0 aliphatic rings. The van der Waals surface area contributed by atoms with Gasteiger partial charge in [-0.25, -0.2) is 0 Å². The lowest BCUT2D eigenvalue weighted by atomic mass is 11.5. The summed E-state index contributed by atoms with van der Waals surface area (Å²) in [6.07, 6.45) is 0. The van der Waals surface area contributed by atoms with Gasteiger partial charge in [0.2, 0.25) is 0 Å². The van der Waals surface area contributed by atoms with E-state index in [9.17, 15) is 9.59 Å². The van der Waals surface area contributed by atoms with E-state index in [-0.39, 0.29) is 0 Å². The van der Waals surface area contributed by atoms with Gasteiger partial charge in [-0.3, -0.25) is 9.59 Å². The second-order valence-corrected chi connectivity index (χ2v) is 6.34. The molecule has 52 valence electrons. The van der Waals surface area contributed by atoms with Crippen LogP contribution < -0.4 is 0 Å². The molecule has 0 aromatic carbocycles. The molecule has 0 rings (SSSR count). The van der Waals surface area contributed by atoms with Gasteiger partial charge in [0.05, 0.1) is 0 Å². The van der Waals surface area contributed by atoms with Gasteiger partial charge in [-0.2, -0.15) is 0 Å². The van der Waals surface area contributed by atoms with Crippen molar-refractivity contribution in [1.82, 2.24) is 0 Å². The monoisotopic (exact) mass is 148 g/mol. The van der Waals surface area contributed by atoms with Crippen LogP contribution in [-0.4, -0.2) is 29.5 Å². The molecule has 0 saturated heterocycles. The van der Waals surface area contributed by atoms with Crippen LogP contribution in [0.15, 0.2) is 0 Å². The summed E-state index contributed by atoms with van der Waals surface area (Å²) in [5.41, 5.74) is -2.37. The Labute approximate surface area is 53.1 Å². The first-order valence-electron chi connectivity index (χ1n) is 2.36. The lowest BCUT2D eigenvalue weighted by Crippen LogP contribution is -2.44. The van der Waals surface area contributed by atoms with Crippen LogP contribution in [0.25, 0.3) is 0 Å². The van der Waals surface area contributed by atoms with E-state index in [1.165, 1.54) is 13.1 Å². The van der Waals surface area contributed by atoms with Gasteiger partial charge in [0, 0.05) is 0 Å². The van der Waals surface area contributed by atoms with Gasteiger partial charge in [0.1, 0.15) is 0 Å². The fraction of sp³-hybridized carbons (Fsp3) is 0.500. The molecule has 0 bridgehead atoms. The Balaban J connectivity index is 4.38. The second kappa shape index (κ2) is 2.18. The number of carbonyl (C=O) groups is 2. The minimum atomic E-state index is -3.02. The van der Waals surface area contributed by atoms with Crippen LogP contribution in [0.3, 0.4) is 0 Å². The molecule has 0 aliphatic carbocycles. The summed E-state index contributed by atoms with van der Waals surface area (Å²) in [5.74, 6) is 0. The molecule has 0 aromatic heterocycles. The van der Waals surface area contributed by atoms with E-state index < -0.39 is 19.3 Å². The quantitative estimate of drug-likeness (QED) is 0.577. The summed E-state index contributed by atoms with van der Waals surface area (Å²) < 4.78 is 0. The fourth-order valence-corrected chi connectivity index (χ4v) is 0.274. The maximum Gasteiger partial charge on any atom is 0.305 e. The van der Waals surface area contributed by atoms with Gasteiger partial charge < -0.3 is 10.2 Å². The number of hydrogen-bond acceptors (Lipinski definition) is 2. The molecular weight excluding hydrogens is 140 g/mol. The van der Waals surface area contributed by atoms with Gasteiger partial charge in [0.25, 0.3) is 11.2 Å². The molecule has 0 fully saturated rings. The molecule has 0 saturated carbocycles. The fourth-order valence-electron chi connectivity index (χ4n) is 0.0915. The van der Waals surface area contributed by atoms with Gasteiger partial charge >= 0.3 is 8.07 Å². The summed E-state index contributed by atoms with van der Waals surface area (Å²) in [5, 5.41) is 16.6. The van der Waals surface area contributed by atoms with Crippen LogP contribution >= 0.6 is 0 Å². The lowest BCUT2D eigenvalue weighted by Gasteiger charge is -2.07. The van der Waals surface area contributed by atoms with E-state index >= 15 is 0 Å². The third-order valence-corrected chi connectivity index (χ3v) is 3.21. The van der Waals surface area contributed by atoms with Crippen molar-refractivity contribution in [2.75, 3.05) is 0 Å². The van der Waals surface area contributed by atoms with Crippen LogP contribution in [0.1, 0.15) is 0 Å². The number of carboxylic acid groups (broad SMARTS) is 2. The average Bonchev–Trinajstić information content (AvgIpc) is 1.65. The highest BCUT2D eigenvalue weighted by atomic mass is 28.3. The van der Waals surface area contributed by atoms with Crippen LogP contribution in [0.5, 0.6) is 0 Å². The summed E-state index contributed by atoms with van der Waals surface area (Å²) in [4.78, 5) is 20.3. The number of hydrogen-bond donors (Lipinski definition) is 2. The Kier molecular flexibility index (Phi) is 1.98. The molecular formula is C4H8O4Si. The zero-order valence-electron chi connectivity index (χ0n) is 5.21. The topological polar surface area (TPSA) is 74.6 Å². The van der Waals surface area contributed by atoms with E-state index in [1.807, 2.05) is 0 Å². The van der Waals surface area contributed by atoms with Crippen molar-refractivity contribution in [3.8, 4) is 0 Å². The Morgan fingerprint density at radius 1 is 1.11 bits per heavy atom. The highest BCUT2D eigenvalue weighted by molar-refractivity contribution is 7.21. The molecule has 0 radical (unpaired) electrons. The van der Waals surface area contributed by atoms with E-state index in [4.69, 9.17) is 10.2 Å². The van der Waals surface area contributed by atoms with Crippen molar-refractivity contribution in [3.05, 3.63) is 0 Å². The molecule has 4 nitrogen and oxygen atoms in total. The van der Waals surface area contributed by atoms with Gasteiger partial charge in [-0.05, 0) is 13.1 Å². The van der Waals surface area contributed by atoms with Crippen LogP contribution in [-0.2, 0) is 0 Å². The molecule has 0 aromatic rings. The second-order valence-electron chi connectivity index (χ2n) is 2.24. The Morgan fingerprint density at radius 3 is 1.33 bits per heavy atom. The third kappa shape index (κ3) is 1.53. The summed E-state index contributed by atoms with van der Waals surface area (Å²) in [6.45, 7) is 2.55. The maximum atomic E-state index is 10.1. The summed E-state index contributed by atoms with van der Waals surface area (Å²) in [6, 6.07) is 0. The van der Waals surface area contributed by atoms with Crippen LogP contribution in [0.2, 0.25) is 13.1 Å². The highest BCUT2D eigenvalue weighted by Gasteiger charge is 2.40. The molecule has 0 atom stereocenters. The molecule has 5 heteroatoms. The minimum Gasteiger partial charge on any atom is -0.485 e. The minimum absolute atomic E-state index is 1.19. The van der Waals surface area contributed by atoms with Crippen LogP contribution in [0.4, 0.5) is 9.59 Å². The predicted molar refractivity (Wildman–Crippen MR) is 33.5 cm³/mol. The Bertz CT molecular complexity index is 135. The molecule has 0 amide bonds. The van der Waals surface area contributed by atoms with E-state index in [2.05, 4.69) is 0 Å². The first-order valence-corrected chi connectivity index (χ1v) is 5.36. The molecule has 0 spiro atoms. The molecule has 0 unspecified atom stereocenters. The van der Waals surface area contributed by atoms with Gasteiger partial charge in [-0.15, -0.1) is 0 Å². The predicted octanol–water partition coefficient (Wildman–Crippen LogP) is 1.21. The maximum absolute atomic E-state index is 10.1. The molecule has 0 aliphatic heterocycles. The van der Waals surface area contributed by atoms with Gasteiger partial charge in [0.15, 0.2) is 0 Å². The smallest absolute Gasteiger partial charge is 0.305 e. The van der Waals surface area contributed by atoms with Gasteiger partial charge in [-0.1, -0.05) is 0 Å². The van der Waals surface area contributed by atoms with Crippen molar-refractivity contribution >= 4 is 19.3 Å². The highest BCUT2D eigenvalue weighted by Crippen LogP contribution is 2.03. The zero-order chi connectivity index (χ0) is 7.65. The average molecular weight is 148 g/mol. The molecule has 9 heavy (non-hydrogen) atoms. The third-order valence-electron chi connectivity index (χ3n) is 1.07. The number of rotatable bonds is 2. The normalized spacial score (nSPS) is 10.9. The van der Waals surface area contributed by atoms with Crippen molar-refractivity contribution < 1.29 is 19.8 Å².